The quantitative estimate of drug-likeness (QED) is 0.606. The number of urea groups is 1. The molecule has 2 rings (SSSR count). The first-order valence-corrected chi connectivity index (χ1v) is 7.65. The molecule has 0 bridgehead atoms. The van der Waals surface area contributed by atoms with Crippen LogP contribution >= 0.6 is 0 Å². The van der Waals surface area contributed by atoms with Gasteiger partial charge in [-0.15, -0.1) is 0 Å². The third kappa shape index (κ3) is 5.49. The van der Waals surface area contributed by atoms with E-state index in [1.54, 1.807) is 5.48 Å². The van der Waals surface area contributed by atoms with Crippen molar-refractivity contribution >= 4 is 6.03 Å². The lowest BCUT2D eigenvalue weighted by atomic mass is 9.99. The third-order valence-corrected chi connectivity index (χ3v) is 3.60. The number of hydrogen-bond donors (Lipinski definition) is 2. The molecule has 1 aromatic carbocycles. The van der Waals surface area contributed by atoms with Crippen molar-refractivity contribution in [3.05, 3.63) is 35.4 Å². The van der Waals surface area contributed by atoms with E-state index in [4.69, 9.17) is 9.57 Å². The van der Waals surface area contributed by atoms with E-state index in [0.717, 1.165) is 25.0 Å². The minimum atomic E-state index is -5.15. The van der Waals surface area contributed by atoms with Crippen molar-refractivity contribution in [3.63, 3.8) is 0 Å². The number of amides is 2. The monoisotopic (exact) mass is 386 g/mol. The number of ether oxygens (including phenoxy) is 1. The van der Waals surface area contributed by atoms with E-state index < -0.39 is 41.8 Å². The number of hydroxylamine groups is 1. The Hall–Kier alpha value is -2.01. The summed E-state index contributed by atoms with van der Waals surface area (Å²) in [7, 11) is 0. The summed E-state index contributed by atoms with van der Waals surface area (Å²) in [4.78, 5) is 16.5. The van der Waals surface area contributed by atoms with Crippen LogP contribution in [0.25, 0.3) is 0 Å². The van der Waals surface area contributed by atoms with Crippen LogP contribution in [0.3, 0.4) is 0 Å². The van der Waals surface area contributed by atoms with Gasteiger partial charge in [-0.25, -0.2) is 15.1 Å². The molecule has 0 saturated carbocycles. The van der Waals surface area contributed by atoms with Crippen molar-refractivity contribution < 1.29 is 40.7 Å². The van der Waals surface area contributed by atoms with Gasteiger partial charge in [0.2, 0.25) is 0 Å². The highest BCUT2D eigenvalue weighted by atomic mass is 19.4. The van der Waals surface area contributed by atoms with E-state index in [1.807, 2.05) is 0 Å². The molecule has 2 atom stereocenters. The fourth-order valence-corrected chi connectivity index (χ4v) is 2.43. The van der Waals surface area contributed by atoms with Crippen LogP contribution in [0.1, 0.15) is 36.4 Å². The molecule has 1 aliphatic rings. The molecular formula is C15H16F6N2O3. The molecule has 1 aliphatic heterocycles. The molecule has 0 aliphatic carbocycles. The van der Waals surface area contributed by atoms with Gasteiger partial charge in [0.25, 0.3) is 0 Å². The summed E-state index contributed by atoms with van der Waals surface area (Å²) in [6.45, 7) is 0.373. The summed E-state index contributed by atoms with van der Waals surface area (Å²) in [5, 5.41) is 1.47. The van der Waals surface area contributed by atoms with Gasteiger partial charge in [-0.2, -0.15) is 26.3 Å². The minimum Gasteiger partial charge on any atom is -0.350 e. The number of carbonyl (C=O) groups is 1. The highest BCUT2D eigenvalue weighted by Gasteiger charge is 2.46. The Morgan fingerprint density at radius 3 is 2.42 bits per heavy atom. The first kappa shape index (κ1) is 20.3. The van der Waals surface area contributed by atoms with Gasteiger partial charge in [0.15, 0.2) is 12.3 Å². The standard InChI is InChI=1S/C15H16F6N2O3/c16-14(17,18)10-6-2-1-5-9(10)12(15(19,20)21)22-13(24)23-26-11-7-3-4-8-25-11/h1-2,5-6,11-12H,3-4,7-8H2,(H2,22,23,24)/t11-,12-/m0/s1. The molecule has 0 unspecified atom stereocenters. The smallest absolute Gasteiger partial charge is 0.350 e. The average Bonchev–Trinajstić information content (AvgIpc) is 2.57. The SMILES string of the molecule is O=C(NO[C@H]1CCCCO1)N[C@@H](c1ccccc1C(F)(F)F)C(F)(F)F. The number of alkyl halides is 6. The topological polar surface area (TPSA) is 59.6 Å². The number of halogens is 6. The molecule has 1 fully saturated rings. The van der Waals surface area contributed by atoms with Crippen molar-refractivity contribution in [2.24, 2.45) is 0 Å². The molecule has 146 valence electrons. The van der Waals surface area contributed by atoms with E-state index in [1.165, 1.54) is 5.32 Å². The Morgan fingerprint density at radius 1 is 1.15 bits per heavy atom. The van der Waals surface area contributed by atoms with Crippen LogP contribution < -0.4 is 10.8 Å². The zero-order valence-corrected chi connectivity index (χ0v) is 13.3. The van der Waals surface area contributed by atoms with Crippen molar-refractivity contribution in [3.8, 4) is 0 Å². The normalized spacial score (nSPS) is 19.7. The van der Waals surface area contributed by atoms with Crippen LogP contribution in [-0.4, -0.2) is 25.1 Å². The predicted octanol–water partition coefficient (Wildman–Crippen LogP) is 4.07. The number of nitrogens with one attached hydrogen (secondary N) is 2. The summed E-state index contributed by atoms with van der Waals surface area (Å²) in [6, 6.07) is -1.14. The van der Waals surface area contributed by atoms with Crippen molar-refractivity contribution in [1.29, 1.82) is 0 Å². The molecule has 1 saturated heterocycles. The lowest BCUT2D eigenvalue weighted by Crippen LogP contribution is -2.45. The number of rotatable bonds is 4. The zero-order valence-electron chi connectivity index (χ0n) is 13.3. The second-order valence-corrected chi connectivity index (χ2v) is 5.55. The summed E-state index contributed by atoms with van der Waals surface area (Å²) < 4.78 is 83.8. The minimum absolute atomic E-state index is 0.373. The van der Waals surface area contributed by atoms with Crippen LogP contribution in [-0.2, 0) is 15.8 Å². The first-order valence-electron chi connectivity index (χ1n) is 7.65. The second-order valence-electron chi connectivity index (χ2n) is 5.55. The van der Waals surface area contributed by atoms with E-state index >= 15 is 0 Å². The Balaban J connectivity index is 2.12. The van der Waals surface area contributed by atoms with Gasteiger partial charge in [0.1, 0.15) is 0 Å². The van der Waals surface area contributed by atoms with Crippen LogP contribution in [0.5, 0.6) is 0 Å². The van der Waals surface area contributed by atoms with E-state index in [-0.39, 0.29) is 0 Å². The lowest BCUT2D eigenvalue weighted by Gasteiger charge is -2.26. The van der Waals surface area contributed by atoms with Crippen molar-refractivity contribution in [2.45, 2.75) is 43.9 Å². The zero-order chi connectivity index (χ0) is 19.4. The fourth-order valence-electron chi connectivity index (χ4n) is 2.43. The first-order chi connectivity index (χ1) is 12.1. The molecule has 1 heterocycles. The molecule has 0 aromatic heterocycles. The summed E-state index contributed by atoms with van der Waals surface area (Å²) in [5.74, 6) is 0. The van der Waals surface area contributed by atoms with E-state index in [9.17, 15) is 31.1 Å². The molecule has 5 nitrogen and oxygen atoms in total. The maximum atomic E-state index is 13.3. The van der Waals surface area contributed by atoms with Gasteiger partial charge in [0, 0.05) is 13.0 Å². The highest BCUT2D eigenvalue weighted by Crippen LogP contribution is 2.40. The molecule has 11 heteroatoms. The number of benzene rings is 1. The Bertz CT molecular complexity index is 614. The van der Waals surface area contributed by atoms with Gasteiger partial charge in [-0.1, -0.05) is 18.2 Å². The molecule has 2 N–H and O–H groups in total. The number of carbonyl (C=O) groups excluding carboxylic acids is 1. The van der Waals surface area contributed by atoms with Gasteiger partial charge in [0.05, 0.1) is 5.56 Å². The van der Waals surface area contributed by atoms with Crippen LogP contribution in [0.4, 0.5) is 31.1 Å². The van der Waals surface area contributed by atoms with Gasteiger partial charge in [-0.05, 0) is 24.5 Å². The van der Waals surface area contributed by atoms with Crippen molar-refractivity contribution in [2.75, 3.05) is 6.61 Å². The largest absolute Gasteiger partial charge is 0.416 e. The Kier molecular flexibility index (Phi) is 6.34. The Labute approximate surface area is 144 Å². The Morgan fingerprint density at radius 2 is 1.85 bits per heavy atom. The van der Waals surface area contributed by atoms with Crippen LogP contribution in [0, 0.1) is 0 Å². The van der Waals surface area contributed by atoms with Gasteiger partial charge >= 0.3 is 18.4 Å². The average molecular weight is 386 g/mol. The third-order valence-electron chi connectivity index (χ3n) is 3.60. The highest BCUT2D eigenvalue weighted by molar-refractivity contribution is 5.73. The fraction of sp³-hybridized carbons (Fsp3) is 0.533. The van der Waals surface area contributed by atoms with Crippen LogP contribution in [0.2, 0.25) is 0 Å². The maximum Gasteiger partial charge on any atom is 0.416 e. The molecule has 0 spiro atoms. The van der Waals surface area contributed by atoms with E-state index in [0.29, 0.717) is 25.2 Å². The number of hydrogen-bond acceptors (Lipinski definition) is 3. The summed E-state index contributed by atoms with van der Waals surface area (Å²) in [6.07, 6.45) is -9.01. The van der Waals surface area contributed by atoms with Gasteiger partial charge < -0.3 is 10.1 Å². The van der Waals surface area contributed by atoms with Crippen LogP contribution in [0.15, 0.2) is 24.3 Å². The van der Waals surface area contributed by atoms with Crippen molar-refractivity contribution in [1.82, 2.24) is 10.8 Å². The van der Waals surface area contributed by atoms with Gasteiger partial charge in [-0.3, -0.25) is 0 Å². The summed E-state index contributed by atoms with van der Waals surface area (Å²) in [5.41, 5.74) is -0.875. The summed E-state index contributed by atoms with van der Waals surface area (Å²) >= 11 is 0. The lowest BCUT2D eigenvalue weighted by molar-refractivity contribution is -0.188. The maximum absolute atomic E-state index is 13.3. The molecule has 1 aromatic rings. The predicted molar refractivity (Wildman–Crippen MR) is 76.6 cm³/mol. The molecular weight excluding hydrogens is 370 g/mol. The second kappa shape index (κ2) is 8.12. The molecule has 26 heavy (non-hydrogen) atoms. The molecule has 0 radical (unpaired) electrons. The van der Waals surface area contributed by atoms with E-state index in [2.05, 4.69) is 0 Å². The molecule has 2 amide bonds.